The number of hydrogen-bond acceptors (Lipinski definition) is 4. The molecule has 0 aliphatic heterocycles. The topological polar surface area (TPSA) is 56.7 Å². The minimum absolute atomic E-state index is 0. The molecule has 0 aliphatic carbocycles. The minimum Gasteiger partial charge on any atom is 0 e. The maximum atomic E-state index is 7.56. The van der Waals surface area contributed by atoms with E-state index in [1.54, 1.807) is 12.1 Å². The normalized spacial score (nSPS) is 12.7. The van der Waals surface area contributed by atoms with Crippen LogP contribution >= 0.6 is 0 Å². The van der Waals surface area contributed by atoms with Crippen LogP contribution in [0.3, 0.4) is 0 Å². The number of aromatic nitrogens is 4. The predicted molar refractivity (Wildman–Crippen MR) is 296 cm³/mol. The molecule has 0 fully saturated rings. The standard InChI is InChI=1S/C40H32N3O.C24H28GeN.Ir/c1-24(2)32-21-28(26-13-6-5-7-14-26)22-33(25(3)4)37(32)43-35-23-27-15-8-10-19-34(27)41-39(35)42-40(43)31-18-12-17-30-29-16-9-11-20-36(29)44-38(30)31;1-18-12-14-19(15-13-18)23-16-21(22(17-26-23)25(4,5)6)24(2,3)20-10-8-7-9-11-20;/h5-17,19-25H,1-4H3;7-14,16-17H,1-6H3;/q2*-1;/i;1D3;. The summed E-state index contributed by atoms with van der Waals surface area (Å²) in [6, 6.07) is 62.5. The van der Waals surface area contributed by atoms with Gasteiger partial charge in [0.05, 0.1) is 22.4 Å². The summed E-state index contributed by atoms with van der Waals surface area (Å²) in [7, 11) is 0. The molecule has 11 aromatic rings. The molecule has 11 rings (SSSR count). The molecule has 0 bridgehead atoms. The molecule has 7 heteroatoms. The Hall–Kier alpha value is -6.44. The second-order valence-corrected chi connectivity index (χ2v) is 31.1. The molecule has 0 aliphatic rings. The third-order valence-electron chi connectivity index (χ3n) is 13.6. The van der Waals surface area contributed by atoms with Crippen LogP contribution in [-0.2, 0) is 25.5 Å². The largest absolute Gasteiger partial charge is 0 e. The average molecular weight is 1170 g/mol. The summed E-state index contributed by atoms with van der Waals surface area (Å²) in [5.74, 6) is 8.46. The molecule has 0 saturated heterocycles. The average Bonchev–Trinajstić information content (AvgIpc) is 3.95. The van der Waals surface area contributed by atoms with E-state index < -0.39 is 20.1 Å². The minimum atomic E-state index is -2.18. The molecule has 7 aromatic carbocycles. The van der Waals surface area contributed by atoms with Gasteiger partial charge in [-0.15, -0.1) is 18.2 Å². The zero-order valence-corrected chi connectivity index (χ0v) is 46.3. The van der Waals surface area contributed by atoms with Crippen molar-refractivity contribution in [2.45, 2.75) is 82.9 Å². The van der Waals surface area contributed by atoms with Crippen LogP contribution in [-0.4, -0.2) is 32.8 Å². The van der Waals surface area contributed by atoms with E-state index in [1.165, 1.54) is 37.8 Å². The Balaban J connectivity index is 0.000000196. The van der Waals surface area contributed by atoms with Gasteiger partial charge < -0.3 is 8.98 Å². The number of aryl methyl sites for hydroxylation is 1. The first-order valence-corrected chi connectivity index (χ1v) is 31.7. The van der Waals surface area contributed by atoms with Crippen LogP contribution in [0.25, 0.3) is 83.5 Å². The van der Waals surface area contributed by atoms with E-state index in [2.05, 4.69) is 185 Å². The number of benzene rings is 7. The van der Waals surface area contributed by atoms with Crippen molar-refractivity contribution in [2.24, 2.45) is 0 Å². The molecule has 71 heavy (non-hydrogen) atoms. The number of nitrogens with zero attached hydrogens (tertiary/aromatic N) is 4. The van der Waals surface area contributed by atoms with Crippen molar-refractivity contribution in [1.29, 1.82) is 0 Å². The smallest absolute Gasteiger partial charge is 0 e. The fourth-order valence-corrected chi connectivity index (χ4v) is 13.2. The van der Waals surface area contributed by atoms with Gasteiger partial charge in [-0.2, -0.15) is 0 Å². The summed E-state index contributed by atoms with van der Waals surface area (Å²) < 4.78 is 32.9. The quantitative estimate of drug-likeness (QED) is 0.107. The molecule has 0 N–H and O–H groups in total. The SMILES string of the molecule is CC(C)c1cc(-c2ccccc2)cc(C(C)C)c1-n1c(-c2[c-]ccc3c2oc2ccccc23)nc2nc3ccccc3cc21.[2H]C([2H])([2H])c1c[c-]c(-c2cc(C(C)(C)c3ccccc3)[c]([Ge]([CH3])([CH3])[CH3])cn2)cc1.[Ir]. The van der Waals surface area contributed by atoms with Crippen LogP contribution in [0.4, 0.5) is 0 Å². The molecule has 4 aromatic heterocycles. The van der Waals surface area contributed by atoms with Crippen molar-refractivity contribution in [1.82, 2.24) is 19.5 Å². The van der Waals surface area contributed by atoms with Gasteiger partial charge in [-0.3, -0.25) is 4.98 Å². The van der Waals surface area contributed by atoms with Crippen LogP contribution in [0.1, 0.15) is 85.3 Å². The van der Waals surface area contributed by atoms with E-state index in [9.17, 15) is 0 Å². The first-order valence-electron chi connectivity index (χ1n) is 25.8. The van der Waals surface area contributed by atoms with Crippen LogP contribution in [0.15, 0.2) is 174 Å². The molecule has 0 saturated carbocycles. The van der Waals surface area contributed by atoms with Gasteiger partial charge >= 0.3 is 165 Å². The van der Waals surface area contributed by atoms with Crippen LogP contribution in [0.5, 0.6) is 0 Å². The van der Waals surface area contributed by atoms with Gasteiger partial charge in [-0.05, 0) is 64.4 Å². The third kappa shape index (κ3) is 9.58. The number of imidazole rings is 1. The molecule has 5 nitrogen and oxygen atoms in total. The Labute approximate surface area is 439 Å². The van der Waals surface area contributed by atoms with Crippen molar-refractivity contribution in [3.05, 3.63) is 210 Å². The maximum Gasteiger partial charge on any atom is 0 e. The summed E-state index contributed by atoms with van der Waals surface area (Å²) in [5, 5.41) is 3.22. The van der Waals surface area contributed by atoms with Gasteiger partial charge in [-0.1, -0.05) is 105 Å². The first-order chi connectivity index (χ1) is 34.9. The van der Waals surface area contributed by atoms with Crippen molar-refractivity contribution in [3.63, 3.8) is 0 Å². The van der Waals surface area contributed by atoms with Gasteiger partial charge in [0.1, 0.15) is 5.58 Å². The molecule has 0 spiro atoms. The predicted octanol–water partition coefficient (Wildman–Crippen LogP) is 16.6. The number of pyridine rings is 2. The molecule has 4 heterocycles. The molecular weight excluding hydrogens is 1110 g/mol. The Morgan fingerprint density at radius 2 is 1.37 bits per heavy atom. The Morgan fingerprint density at radius 1 is 0.690 bits per heavy atom. The summed E-state index contributed by atoms with van der Waals surface area (Å²) >= 11 is -2.18. The van der Waals surface area contributed by atoms with E-state index in [-0.39, 0.29) is 37.4 Å². The zero-order valence-electron chi connectivity index (χ0n) is 44.9. The van der Waals surface area contributed by atoms with E-state index in [0.29, 0.717) is 11.2 Å². The summed E-state index contributed by atoms with van der Waals surface area (Å²) in [6.45, 7) is 11.5. The fraction of sp³-hybridized carbons (Fsp3) is 0.203. The van der Waals surface area contributed by atoms with Gasteiger partial charge in [0.15, 0.2) is 5.65 Å². The summed E-state index contributed by atoms with van der Waals surface area (Å²) in [4.78, 5) is 15.1. The first kappa shape index (κ1) is 45.7. The number of para-hydroxylation sites is 2. The van der Waals surface area contributed by atoms with Crippen LogP contribution in [0, 0.1) is 19.0 Å². The van der Waals surface area contributed by atoms with Crippen molar-refractivity contribution >= 4 is 61.7 Å². The van der Waals surface area contributed by atoms with E-state index in [1.807, 2.05) is 48.7 Å². The van der Waals surface area contributed by atoms with Crippen molar-refractivity contribution < 1.29 is 28.6 Å². The Bertz CT molecular complexity index is 3770. The molecule has 0 unspecified atom stereocenters. The van der Waals surface area contributed by atoms with Gasteiger partial charge in [0.2, 0.25) is 0 Å². The molecular formula is C64H60GeIrN4O-2. The fourth-order valence-electron chi connectivity index (χ4n) is 9.78. The van der Waals surface area contributed by atoms with E-state index >= 15 is 0 Å². The van der Waals surface area contributed by atoms with Crippen molar-refractivity contribution in [2.75, 3.05) is 0 Å². The van der Waals surface area contributed by atoms with Crippen LogP contribution in [0.2, 0.25) is 17.3 Å². The second kappa shape index (κ2) is 20.0. The number of rotatable bonds is 9. The molecule has 0 atom stereocenters. The van der Waals surface area contributed by atoms with Crippen molar-refractivity contribution in [3.8, 4) is 39.5 Å². The molecule has 1 radical (unpaired) electrons. The number of furan rings is 1. The maximum absolute atomic E-state index is 7.56. The summed E-state index contributed by atoms with van der Waals surface area (Å²) in [5.41, 5.74) is 15.5. The van der Waals surface area contributed by atoms with Gasteiger partial charge in [0, 0.05) is 36.6 Å². The third-order valence-corrected chi connectivity index (χ3v) is 17.9. The molecule has 357 valence electrons. The van der Waals surface area contributed by atoms with E-state index in [0.717, 1.165) is 66.7 Å². The number of hydrogen-bond donors (Lipinski definition) is 0. The summed E-state index contributed by atoms with van der Waals surface area (Å²) in [6.07, 6.45) is 2.04. The van der Waals surface area contributed by atoms with Crippen LogP contribution < -0.4 is 4.40 Å². The van der Waals surface area contributed by atoms with E-state index in [4.69, 9.17) is 23.5 Å². The number of fused-ring (bicyclic) bond motifs is 5. The Kier molecular flexibility index (Phi) is 12.9. The monoisotopic (exact) mass is 1170 g/mol. The Morgan fingerprint density at radius 3 is 2.04 bits per heavy atom. The van der Waals surface area contributed by atoms with Gasteiger partial charge in [0.25, 0.3) is 0 Å². The van der Waals surface area contributed by atoms with Gasteiger partial charge in [-0.25, -0.2) is 4.98 Å². The zero-order chi connectivity index (χ0) is 51.4. The molecule has 0 amide bonds. The second-order valence-electron chi connectivity index (χ2n) is 20.5.